The number of hydrogen-bond acceptors (Lipinski definition) is 6. The first-order chi connectivity index (χ1) is 17.5. The summed E-state index contributed by atoms with van der Waals surface area (Å²) in [5.74, 6) is -3.16. The molecule has 1 aliphatic heterocycles. The molecule has 3 N–H and O–H groups in total. The van der Waals surface area contributed by atoms with Crippen molar-refractivity contribution in [2.24, 2.45) is 0 Å². The van der Waals surface area contributed by atoms with Crippen molar-refractivity contribution in [1.82, 2.24) is 24.8 Å². The molecule has 5 rings (SSSR count). The number of aromatic nitrogens is 4. The number of rotatable bonds is 5. The fraction of sp³-hybridized carbons (Fsp3) is 0.250. The van der Waals surface area contributed by atoms with E-state index in [1.54, 1.807) is 6.07 Å². The van der Waals surface area contributed by atoms with Gasteiger partial charge in [0.25, 0.3) is 5.91 Å². The summed E-state index contributed by atoms with van der Waals surface area (Å²) in [6.45, 7) is 1.37. The van der Waals surface area contributed by atoms with E-state index in [0.29, 0.717) is 16.6 Å². The molecule has 1 atom stereocenters. The van der Waals surface area contributed by atoms with Gasteiger partial charge in [-0.2, -0.15) is 13.2 Å². The van der Waals surface area contributed by atoms with E-state index >= 15 is 0 Å². The minimum Gasteiger partial charge on any atom is -0.383 e. The van der Waals surface area contributed by atoms with Crippen LogP contribution in [0.2, 0.25) is 0 Å². The standard InChI is InChI=1S/C24H19F5N6O2/c1-11(22-31-3-2-4-32-22)35(8-13-16(25)5-12(6-17(13)26)24(27,28)29)23(36)19-7-18-20(33-19)14-9-37-10-15(14)21(30)34-18/h2-7,11,33H,8-10H2,1H3,(H2,30,34)/t11-/m1/s1. The lowest BCUT2D eigenvalue weighted by Gasteiger charge is -2.28. The van der Waals surface area contributed by atoms with Crippen LogP contribution in [-0.2, 0) is 30.7 Å². The average Bonchev–Trinajstić information content (AvgIpc) is 3.50. The van der Waals surface area contributed by atoms with Crippen LogP contribution in [0, 0.1) is 11.6 Å². The van der Waals surface area contributed by atoms with Crippen LogP contribution in [0.1, 0.15) is 51.5 Å². The van der Waals surface area contributed by atoms with Gasteiger partial charge in [-0.25, -0.2) is 23.7 Å². The molecule has 4 aromatic rings. The molecule has 3 aromatic heterocycles. The van der Waals surface area contributed by atoms with Gasteiger partial charge in [-0.3, -0.25) is 4.79 Å². The van der Waals surface area contributed by atoms with Gasteiger partial charge in [0.05, 0.1) is 42.4 Å². The maximum atomic E-state index is 14.7. The van der Waals surface area contributed by atoms with Crippen molar-refractivity contribution in [3.05, 3.63) is 82.1 Å². The number of nitrogens with one attached hydrogen (secondary N) is 1. The van der Waals surface area contributed by atoms with Crippen molar-refractivity contribution in [1.29, 1.82) is 0 Å². The van der Waals surface area contributed by atoms with Crippen LogP contribution in [0.15, 0.2) is 36.7 Å². The van der Waals surface area contributed by atoms with Gasteiger partial charge in [0.1, 0.15) is 29.0 Å². The molecule has 0 aliphatic carbocycles. The molecular weight excluding hydrogens is 499 g/mol. The molecular formula is C24H19F5N6O2. The van der Waals surface area contributed by atoms with Gasteiger partial charge in [0.15, 0.2) is 0 Å². The molecule has 0 fully saturated rings. The number of alkyl halides is 3. The van der Waals surface area contributed by atoms with E-state index in [2.05, 4.69) is 19.9 Å². The molecule has 192 valence electrons. The Hall–Kier alpha value is -4.13. The predicted molar refractivity (Wildman–Crippen MR) is 121 cm³/mol. The number of nitrogen functional groups attached to an aromatic ring is 1. The molecule has 0 spiro atoms. The van der Waals surface area contributed by atoms with E-state index in [9.17, 15) is 26.7 Å². The van der Waals surface area contributed by atoms with Crippen LogP contribution in [0.3, 0.4) is 0 Å². The third-order valence-electron chi connectivity index (χ3n) is 6.22. The van der Waals surface area contributed by atoms with Crippen molar-refractivity contribution < 1.29 is 31.5 Å². The first kappa shape index (κ1) is 24.6. The fourth-order valence-electron chi connectivity index (χ4n) is 4.25. The summed E-state index contributed by atoms with van der Waals surface area (Å²) in [4.78, 5) is 30.3. The normalized spacial score (nSPS) is 14.1. The lowest BCUT2D eigenvalue weighted by molar-refractivity contribution is -0.138. The third kappa shape index (κ3) is 4.46. The van der Waals surface area contributed by atoms with Gasteiger partial charge in [-0.05, 0) is 31.2 Å². The number of anilines is 1. The zero-order valence-electron chi connectivity index (χ0n) is 19.2. The molecule has 4 heterocycles. The Balaban J connectivity index is 1.57. The minimum atomic E-state index is -4.94. The van der Waals surface area contributed by atoms with Crippen LogP contribution in [0.25, 0.3) is 11.0 Å². The highest BCUT2D eigenvalue weighted by atomic mass is 19.4. The summed E-state index contributed by atoms with van der Waals surface area (Å²) in [7, 11) is 0. The number of nitrogens with two attached hydrogens (primary N) is 1. The van der Waals surface area contributed by atoms with Crippen molar-refractivity contribution >= 4 is 22.8 Å². The highest BCUT2D eigenvalue weighted by Gasteiger charge is 2.34. The SMILES string of the molecule is C[C@H](c1ncccn1)N(Cc1c(F)cc(C(F)(F)F)cc1F)C(=O)c1cc2nc(N)c3c(c2[nH]1)COC3. The number of carbonyl (C=O) groups is 1. The van der Waals surface area contributed by atoms with Crippen molar-refractivity contribution in [2.45, 2.75) is 38.9 Å². The Bertz CT molecular complexity index is 1480. The summed E-state index contributed by atoms with van der Waals surface area (Å²) in [6, 6.07) is 2.48. The van der Waals surface area contributed by atoms with Crippen LogP contribution < -0.4 is 5.73 Å². The van der Waals surface area contributed by atoms with Gasteiger partial charge >= 0.3 is 6.18 Å². The van der Waals surface area contributed by atoms with E-state index in [4.69, 9.17) is 10.5 Å². The quantitative estimate of drug-likeness (QED) is 0.372. The molecule has 0 radical (unpaired) electrons. The Morgan fingerprint density at radius 3 is 2.43 bits per heavy atom. The van der Waals surface area contributed by atoms with Crippen LogP contribution in [0.5, 0.6) is 0 Å². The Morgan fingerprint density at radius 2 is 1.78 bits per heavy atom. The molecule has 8 nitrogen and oxygen atoms in total. The van der Waals surface area contributed by atoms with Crippen LogP contribution in [-0.4, -0.2) is 30.7 Å². The predicted octanol–water partition coefficient (Wildman–Crippen LogP) is 4.67. The van der Waals surface area contributed by atoms with Crippen molar-refractivity contribution in [3.8, 4) is 0 Å². The number of benzene rings is 1. The second-order valence-electron chi connectivity index (χ2n) is 8.52. The van der Waals surface area contributed by atoms with Gasteiger partial charge in [0.2, 0.25) is 0 Å². The lowest BCUT2D eigenvalue weighted by Crippen LogP contribution is -2.35. The smallest absolute Gasteiger partial charge is 0.383 e. The minimum absolute atomic E-state index is 0.0257. The maximum Gasteiger partial charge on any atom is 0.416 e. The van der Waals surface area contributed by atoms with Gasteiger partial charge in [-0.15, -0.1) is 0 Å². The Kier molecular flexibility index (Phi) is 6.02. The summed E-state index contributed by atoms with van der Waals surface area (Å²) in [6.07, 6.45) is -2.08. The molecule has 1 aliphatic rings. The molecule has 0 saturated heterocycles. The number of pyridine rings is 1. The van der Waals surface area contributed by atoms with E-state index < -0.39 is 47.4 Å². The topological polar surface area (TPSA) is 110 Å². The number of nitrogens with zero attached hydrogens (tertiary/aromatic N) is 4. The van der Waals surface area contributed by atoms with Gasteiger partial charge in [-0.1, -0.05) is 0 Å². The highest BCUT2D eigenvalue weighted by molar-refractivity contribution is 5.98. The van der Waals surface area contributed by atoms with E-state index in [-0.39, 0.29) is 42.7 Å². The number of carbonyl (C=O) groups excluding carboxylic acids is 1. The number of amides is 1. The largest absolute Gasteiger partial charge is 0.416 e. The summed E-state index contributed by atoms with van der Waals surface area (Å²) < 4.78 is 74.0. The fourth-order valence-corrected chi connectivity index (χ4v) is 4.25. The Labute approximate surface area is 206 Å². The van der Waals surface area contributed by atoms with E-state index in [0.717, 1.165) is 10.5 Å². The molecule has 1 amide bonds. The second kappa shape index (κ2) is 9.07. The average molecular weight is 518 g/mol. The Morgan fingerprint density at radius 1 is 1.14 bits per heavy atom. The molecule has 1 aromatic carbocycles. The number of aromatic amines is 1. The zero-order chi connectivity index (χ0) is 26.5. The lowest BCUT2D eigenvalue weighted by atomic mass is 10.1. The molecule has 0 unspecified atom stereocenters. The molecule has 37 heavy (non-hydrogen) atoms. The zero-order valence-corrected chi connectivity index (χ0v) is 19.2. The van der Waals surface area contributed by atoms with Crippen LogP contribution >= 0.6 is 0 Å². The second-order valence-corrected chi connectivity index (χ2v) is 8.52. The number of H-pyrrole nitrogens is 1. The number of fused-ring (bicyclic) bond motifs is 3. The highest BCUT2D eigenvalue weighted by Crippen LogP contribution is 2.34. The number of ether oxygens (including phenoxy) is 1. The first-order valence-electron chi connectivity index (χ1n) is 11.0. The van der Waals surface area contributed by atoms with Gasteiger partial charge in [0, 0.05) is 29.1 Å². The third-order valence-corrected chi connectivity index (χ3v) is 6.22. The maximum absolute atomic E-state index is 14.7. The number of hydrogen-bond donors (Lipinski definition) is 2. The van der Waals surface area contributed by atoms with E-state index in [1.807, 2.05) is 0 Å². The van der Waals surface area contributed by atoms with Crippen molar-refractivity contribution in [2.75, 3.05) is 5.73 Å². The van der Waals surface area contributed by atoms with E-state index in [1.165, 1.54) is 25.4 Å². The van der Waals surface area contributed by atoms with Gasteiger partial charge < -0.3 is 20.4 Å². The number of halogens is 5. The molecule has 0 bridgehead atoms. The summed E-state index contributed by atoms with van der Waals surface area (Å²) in [5.41, 5.74) is 6.21. The molecule has 0 saturated carbocycles. The van der Waals surface area contributed by atoms with Crippen LogP contribution in [0.4, 0.5) is 27.8 Å². The summed E-state index contributed by atoms with van der Waals surface area (Å²) in [5, 5.41) is 0. The summed E-state index contributed by atoms with van der Waals surface area (Å²) >= 11 is 0. The first-order valence-corrected chi connectivity index (χ1v) is 11.0. The molecule has 13 heteroatoms. The van der Waals surface area contributed by atoms with Crippen molar-refractivity contribution in [3.63, 3.8) is 0 Å². The monoisotopic (exact) mass is 518 g/mol.